The average Bonchev–Trinajstić information content (AvgIpc) is 3.58. The van der Waals surface area contributed by atoms with E-state index in [2.05, 4.69) is 37.1 Å². The number of piperidine rings is 1. The number of anilines is 3. The number of carbonyl (C=O) groups is 1. The Labute approximate surface area is 204 Å². The topological polar surface area (TPSA) is 124 Å². The molecule has 10 heteroatoms. The lowest BCUT2D eigenvalue weighted by Crippen LogP contribution is -2.37. The van der Waals surface area contributed by atoms with E-state index in [1.807, 2.05) is 34.1 Å². The van der Waals surface area contributed by atoms with Crippen LogP contribution in [-0.2, 0) is 4.79 Å². The zero-order valence-electron chi connectivity index (χ0n) is 19.7. The SMILES string of the molecule is CC(=O)N1CCC(n2cc(-c3cnc(Nc4ccc(C#N)c(NC5CCNC5)c4)nc3)cn2)CC1. The van der Waals surface area contributed by atoms with Gasteiger partial charge in [0.2, 0.25) is 11.9 Å². The third kappa shape index (κ3) is 5.25. The zero-order chi connectivity index (χ0) is 24.2. The molecule has 2 saturated heterocycles. The van der Waals surface area contributed by atoms with Gasteiger partial charge in [0.15, 0.2) is 0 Å². The molecule has 1 amide bonds. The molecule has 4 heterocycles. The number of nitrogens with zero attached hydrogens (tertiary/aromatic N) is 6. The molecule has 2 aliphatic heterocycles. The summed E-state index contributed by atoms with van der Waals surface area (Å²) in [5.74, 6) is 0.617. The van der Waals surface area contributed by atoms with Crippen LogP contribution in [-0.4, -0.2) is 62.8 Å². The van der Waals surface area contributed by atoms with Crippen LogP contribution in [0.25, 0.3) is 11.1 Å². The molecule has 2 fully saturated rings. The molecule has 1 aromatic carbocycles. The van der Waals surface area contributed by atoms with Crippen molar-refractivity contribution in [3.05, 3.63) is 48.5 Å². The van der Waals surface area contributed by atoms with Gasteiger partial charge in [-0.1, -0.05) is 0 Å². The molecule has 180 valence electrons. The minimum atomic E-state index is 0.134. The van der Waals surface area contributed by atoms with Gasteiger partial charge in [-0.05, 0) is 44.0 Å². The number of amides is 1. The van der Waals surface area contributed by atoms with Gasteiger partial charge in [0.25, 0.3) is 0 Å². The van der Waals surface area contributed by atoms with Gasteiger partial charge in [-0.2, -0.15) is 10.4 Å². The summed E-state index contributed by atoms with van der Waals surface area (Å²) in [6.45, 7) is 5.03. The fraction of sp³-hybridized carbons (Fsp3) is 0.400. The largest absolute Gasteiger partial charge is 0.380 e. The summed E-state index contributed by atoms with van der Waals surface area (Å²) in [7, 11) is 0. The predicted octanol–water partition coefficient (Wildman–Crippen LogP) is 2.91. The second-order valence-electron chi connectivity index (χ2n) is 9.07. The Morgan fingerprint density at radius 3 is 2.63 bits per heavy atom. The number of rotatable bonds is 6. The number of benzene rings is 1. The molecule has 0 saturated carbocycles. The van der Waals surface area contributed by atoms with Gasteiger partial charge in [0.05, 0.1) is 23.5 Å². The fourth-order valence-corrected chi connectivity index (χ4v) is 4.64. The van der Waals surface area contributed by atoms with Crippen LogP contribution in [0.2, 0.25) is 0 Å². The summed E-state index contributed by atoms with van der Waals surface area (Å²) in [4.78, 5) is 22.4. The predicted molar refractivity (Wildman–Crippen MR) is 133 cm³/mol. The van der Waals surface area contributed by atoms with Crippen LogP contribution >= 0.6 is 0 Å². The number of likely N-dealkylation sites (tertiary alicyclic amines) is 1. The summed E-state index contributed by atoms with van der Waals surface area (Å²) in [6.07, 6.45) is 10.2. The highest BCUT2D eigenvalue weighted by Crippen LogP contribution is 2.27. The molecule has 2 aromatic heterocycles. The van der Waals surface area contributed by atoms with Crippen molar-refractivity contribution < 1.29 is 4.79 Å². The van der Waals surface area contributed by atoms with Crippen LogP contribution in [0.1, 0.15) is 37.8 Å². The van der Waals surface area contributed by atoms with Crippen LogP contribution < -0.4 is 16.0 Å². The summed E-state index contributed by atoms with van der Waals surface area (Å²) in [5, 5.41) is 24.0. The van der Waals surface area contributed by atoms with E-state index >= 15 is 0 Å². The standard InChI is InChI=1S/C25H29N9O/c1-17(35)33-8-5-23(6-9-33)34-16-20(14-30-34)19-12-28-25(29-13-19)32-21-3-2-18(11-26)24(10-21)31-22-4-7-27-15-22/h2-3,10,12-14,16,22-23,27,31H,4-9,15H2,1H3,(H,28,29,32). The van der Waals surface area contributed by atoms with Gasteiger partial charge in [0.1, 0.15) is 6.07 Å². The Balaban J connectivity index is 1.24. The van der Waals surface area contributed by atoms with Gasteiger partial charge in [0, 0.05) is 68.0 Å². The maximum atomic E-state index is 11.6. The second kappa shape index (κ2) is 10.1. The molecular weight excluding hydrogens is 442 g/mol. The summed E-state index contributed by atoms with van der Waals surface area (Å²) >= 11 is 0. The van der Waals surface area contributed by atoms with E-state index in [9.17, 15) is 10.1 Å². The van der Waals surface area contributed by atoms with Crippen LogP contribution in [0.15, 0.2) is 43.0 Å². The number of hydrogen-bond donors (Lipinski definition) is 3. The van der Waals surface area contributed by atoms with Gasteiger partial charge in [-0.25, -0.2) is 9.97 Å². The molecule has 5 rings (SSSR count). The zero-order valence-corrected chi connectivity index (χ0v) is 19.7. The quantitative estimate of drug-likeness (QED) is 0.501. The molecular formula is C25H29N9O. The highest BCUT2D eigenvalue weighted by atomic mass is 16.2. The number of carbonyl (C=O) groups excluding carboxylic acids is 1. The maximum Gasteiger partial charge on any atom is 0.227 e. The third-order valence-electron chi connectivity index (χ3n) is 6.69. The van der Waals surface area contributed by atoms with Crippen LogP contribution in [0.5, 0.6) is 0 Å². The highest BCUT2D eigenvalue weighted by Gasteiger charge is 2.22. The summed E-state index contributed by atoms with van der Waals surface area (Å²) < 4.78 is 1.99. The number of nitrogens with one attached hydrogen (secondary N) is 3. The molecule has 3 N–H and O–H groups in total. The van der Waals surface area contributed by atoms with Crippen molar-refractivity contribution in [3.63, 3.8) is 0 Å². The normalized spacial score (nSPS) is 18.3. The smallest absolute Gasteiger partial charge is 0.227 e. The Morgan fingerprint density at radius 1 is 1.14 bits per heavy atom. The molecule has 2 aliphatic rings. The monoisotopic (exact) mass is 471 g/mol. The lowest BCUT2D eigenvalue weighted by atomic mass is 10.1. The van der Waals surface area contributed by atoms with E-state index in [0.29, 0.717) is 23.6 Å². The van der Waals surface area contributed by atoms with Crippen molar-refractivity contribution in [2.75, 3.05) is 36.8 Å². The van der Waals surface area contributed by atoms with E-state index in [1.54, 1.807) is 25.4 Å². The molecule has 0 radical (unpaired) electrons. The maximum absolute atomic E-state index is 11.6. The molecule has 0 aliphatic carbocycles. The van der Waals surface area contributed by atoms with Crippen LogP contribution in [0.3, 0.4) is 0 Å². The Kier molecular flexibility index (Phi) is 6.59. The van der Waals surface area contributed by atoms with Crippen molar-refractivity contribution in [1.82, 2.24) is 30.0 Å². The van der Waals surface area contributed by atoms with Gasteiger partial charge in [-0.3, -0.25) is 9.48 Å². The number of aromatic nitrogens is 4. The minimum Gasteiger partial charge on any atom is -0.380 e. The molecule has 1 unspecified atom stereocenters. The number of nitriles is 1. The van der Waals surface area contributed by atoms with Gasteiger partial charge in [-0.15, -0.1) is 0 Å². The van der Waals surface area contributed by atoms with E-state index in [-0.39, 0.29) is 5.91 Å². The molecule has 1 atom stereocenters. The van der Waals surface area contributed by atoms with Gasteiger partial charge >= 0.3 is 0 Å². The molecule has 35 heavy (non-hydrogen) atoms. The van der Waals surface area contributed by atoms with E-state index < -0.39 is 0 Å². The van der Waals surface area contributed by atoms with Crippen molar-refractivity contribution in [2.24, 2.45) is 0 Å². The van der Waals surface area contributed by atoms with E-state index in [4.69, 9.17) is 0 Å². The third-order valence-corrected chi connectivity index (χ3v) is 6.69. The average molecular weight is 472 g/mol. The Hall–Kier alpha value is -3.97. The molecule has 0 bridgehead atoms. The first-order chi connectivity index (χ1) is 17.1. The Morgan fingerprint density at radius 2 is 1.94 bits per heavy atom. The van der Waals surface area contributed by atoms with E-state index in [1.165, 1.54) is 0 Å². The van der Waals surface area contributed by atoms with Crippen molar-refractivity contribution >= 4 is 23.2 Å². The van der Waals surface area contributed by atoms with Crippen LogP contribution in [0, 0.1) is 11.3 Å². The van der Waals surface area contributed by atoms with Gasteiger partial charge < -0.3 is 20.9 Å². The Bertz CT molecular complexity index is 1220. The highest BCUT2D eigenvalue weighted by molar-refractivity contribution is 5.73. The van der Waals surface area contributed by atoms with Crippen molar-refractivity contribution in [1.29, 1.82) is 5.26 Å². The molecule has 0 spiro atoms. The first kappa shape index (κ1) is 22.8. The summed E-state index contributed by atoms with van der Waals surface area (Å²) in [5.41, 5.74) is 4.08. The lowest BCUT2D eigenvalue weighted by Gasteiger charge is -2.31. The molecule has 3 aromatic rings. The van der Waals surface area contributed by atoms with Crippen molar-refractivity contribution in [3.8, 4) is 17.2 Å². The first-order valence-electron chi connectivity index (χ1n) is 12.0. The second-order valence-corrected chi connectivity index (χ2v) is 9.07. The van der Waals surface area contributed by atoms with E-state index in [0.717, 1.165) is 67.9 Å². The lowest BCUT2D eigenvalue weighted by molar-refractivity contribution is -0.130. The fourth-order valence-electron chi connectivity index (χ4n) is 4.64. The minimum absolute atomic E-state index is 0.134. The van der Waals surface area contributed by atoms with Crippen molar-refractivity contribution in [2.45, 2.75) is 38.3 Å². The number of hydrogen-bond acceptors (Lipinski definition) is 8. The first-order valence-corrected chi connectivity index (χ1v) is 12.0. The van der Waals surface area contributed by atoms with Crippen LogP contribution in [0.4, 0.5) is 17.3 Å². The molecule has 10 nitrogen and oxygen atoms in total. The summed E-state index contributed by atoms with van der Waals surface area (Å²) in [6, 6.07) is 8.44.